The van der Waals surface area contributed by atoms with Crippen LogP contribution >= 0.6 is 0 Å². The van der Waals surface area contributed by atoms with Gasteiger partial charge >= 0.3 is 0 Å². The van der Waals surface area contributed by atoms with E-state index < -0.39 is 17.6 Å². The van der Waals surface area contributed by atoms with Crippen LogP contribution in [0.2, 0.25) is 0 Å². The molecular formula is C20H12FNO5. The van der Waals surface area contributed by atoms with Crippen molar-refractivity contribution in [2.45, 2.75) is 0 Å². The van der Waals surface area contributed by atoms with E-state index in [0.717, 1.165) is 17.0 Å². The average molecular weight is 365 g/mol. The smallest absolute Gasteiger partial charge is 0.269 e. The van der Waals surface area contributed by atoms with Crippen LogP contribution in [0.1, 0.15) is 20.7 Å². The summed E-state index contributed by atoms with van der Waals surface area (Å²) < 4.78 is 19.4. The molecule has 0 spiro atoms. The Morgan fingerprint density at radius 2 is 1.48 bits per heavy atom. The number of phenolic OH excluding ortho intramolecular Hbond substituents is 2. The fraction of sp³-hybridized carbons (Fsp3) is 0. The number of rotatable bonds is 3. The molecule has 0 unspecified atom stereocenters. The lowest BCUT2D eigenvalue weighted by Gasteiger charge is -2.14. The zero-order valence-electron chi connectivity index (χ0n) is 13.7. The number of fused-ring (bicyclic) bond motifs is 1. The molecule has 0 saturated heterocycles. The number of amides is 2. The molecule has 3 aromatic rings. The van der Waals surface area contributed by atoms with E-state index >= 15 is 0 Å². The van der Waals surface area contributed by atoms with Crippen molar-refractivity contribution in [3.8, 4) is 23.0 Å². The number of phenols is 2. The third-order valence-corrected chi connectivity index (χ3v) is 4.07. The number of halogens is 1. The lowest BCUT2D eigenvalue weighted by molar-refractivity contribution is 0.0925. The minimum Gasteiger partial charge on any atom is -0.508 e. The largest absolute Gasteiger partial charge is 0.508 e. The number of carbonyl (C=O) groups excluding carboxylic acids is 2. The molecule has 0 aromatic heterocycles. The molecule has 7 heteroatoms. The first kappa shape index (κ1) is 16.6. The molecule has 6 nitrogen and oxygen atoms in total. The topological polar surface area (TPSA) is 87.1 Å². The molecule has 0 aliphatic carbocycles. The zero-order valence-corrected chi connectivity index (χ0v) is 13.7. The fourth-order valence-electron chi connectivity index (χ4n) is 2.90. The Bertz CT molecular complexity index is 1060. The Labute approximate surface area is 152 Å². The summed E-state index contributed by atoms with van der Waals surface area (Å²) >= 11 is 0. The highest BCUT2D eigenvalue weighted by molar-refractivity contribution is 6.34. The lowest BCUT2D eigenvalue weighted by atomic mass is 10.1. The van der Waals surface area contributed by atoms with Crippen LogP contribution in [0.3, 0.4) is 0 Å². The molecule has 3 aromatic carbocycles. The van der Waals surface area contributed by atoms with Crippen LogP contribution in [-0.2, 0) is 0 Å². The molecule has 0 radical (unpaired) electrons. The van der Waals surface area contributed by atoms with Crippen LogP contribution in [0.25, 0.3) is 0 Å². The third kappa shape index (κ3) is 2.85. The predicted octanol–water partition coefficient (Wildman–Crippen LogP) is 3.83. The number of nitrogens with zero attached hydrogens (tertiary/aromatic N) is 1. The van der Waals surface area contributed by atoms with Gasteiger partial charge in [0.05, 0.1) is 16.8 Å². The van der Waals surface area contributed by atoms with Gasteiger partial charge in [-0.25, -0.2) is 9.29 Å². The van der Waals surface area contributed by atoms with Crippen LogP contribution in [0.5, 0.6) is 23.0 Å². The molecule has 2 N–H and O–H groups in total. The van der Waals surface area contributed by atoms with E-state index in [1.807, 2.05) is 0 Å². The van der Waals surface area contributed by atoms with Crippen LogP contribution < -0.4 is 9.64 Å². The Balaban J connectivity index is 1.61. The van der Waals surface area contributed by atoms with Gasteiger partial charge in [-0.2, -0.15) is 0 Å². The second-order valence-electron chi connectivity index (χ2n) is 5.89. The summed E-state index contributed by atoms with van der Waals surface area (Å²) in [5.41, 5.74) is 0.0559. The highest BCUT2D eigenvalue weighted by Crippen LogP contribution is 2.33. The first-order valence-electron chi connectivity index (χ1n) is 7.92. The summed E-state index contributed by atoms with van der Waals surface area (Å²) in [5, 5.41) is 18.9. The highest BCUT2D eigenvalue weighted by atomic mass is 19.1. The van der Waals surface area contributed by atoms with Gasteiger partial charge in [0.2, 0.25) is 0 Å². The van der Waals surface area contributed by atoms with Gasteiger partial charge in [-0.3, -0.25) is 9.59 Å². The van der Waals surface area contributed by atoms with Crippen molar-refractivity contribution < 1.29 is 28.9 Å². The van der Waals surface area contributed by atoms with E-state index in [0.29, 0.717) is 5.75 Å². The normalized spacial score (nSPS) is 13.0. The first-order valence-corrected chi connectivity index (χ1v) is 7.92. The number of anilines is 1. The van der Waals surface area contributed by atoms with Crippen molar-refractivity contribution >= 4 is 17.5 Å². The quantitative estimate of drug-likeness (QED) is 0.689. The van der Waals surface area contributed by atoms with E-state index in [-0.39, 0.29) is 34.1 Å². The van der Waals surface area contributed by atoms with Gasteiger partial charge in [-0.05, 0) is 36.4 Å². The molecular weight excluding hydrogens is 353 g/mol. The van der Waals surface area contributed by atoms with Gasteiger partial charge in [0.25, 0.3) is 11.8 Å². The van der Waals surface area contributed by atoms with E-state index in [1.165, 1.54) is 48.5 Å². The van der Waals surface area contributed by atoms with Crippen LogP contribution in [0.4, 0.5) is 10.1 Å². The molecule has 4 rings (SSSR count). The summed E-state index contributed by atoms with van der Waals surface area (Å²) in [6.07, 6.45) is 0. The van der Waals surface area contributed by atoms with Crippen LogP contribution in [0.15, 0.2) is 60.7 Å². The summed E-state index contributed by atoms with van der Waals surface area (Å²) in [7, 11) is 0. The number of hydrogen-bond donors (Lipinski definition) is 2. The maximum atomic E-state index is 13.9. The molecule has 0 bridgehead atoms. The van der Waals surface area contributed by atoms with Crippen molar-refractivity contribution in [3.05, 3.63) is 77.6 Å². The van der Waals surface area contributed by atoms with Crippen LogP contribution in [0, 0.1) is 5.82 Å². The van der Waals surface area contributed by atoms with Crippen molar-refractivity contribution in [3.63, 3.8) is 0 Å². The van der Waals surface area contributed by atoms with Gasteiger partial charge in [-0.1, -0.05) is 6.07 Å². The number of imide groups is 1. The van der Waals surface area contributed by atoms with E-state index in [4.69, 9.17) is 4.74 Å². The fourth-order valence-corrected chi connectivity index (χ4v) is 2.90. The van der Waals surface area contributed by atoms with E-state index in [1.54, 1.807) is 0 Å². The molecule has 1 heterocycles. The number of aromatic hydroxyl groups is 2. The molecule has 1 aliphatic heterocycles. The average Bonchev–Trinajstić information content (AvgIpc) is 2.87. The highest BCUT2D eigenvalue weighted by Gasteiger charge is 2.38. The molecule has 134 valence electrons. The number of benzene rings is 3. The standard InChI is InChI=1S/C20H12FNO5/c21-17-3-1-2-16-18(17)20(26)22(19(16)25)11-4-6-14(7-5-11)27-15-9-12(23)8-13(24)10-15/h1-10,23-24H. The molecule has 1 aliphatic rings. The van der Waals surface area contributed by atoms with Gasteiger partial charge in [0.15, 0.2) is 0 Å². The van der Waals surface area contributed by atoms with Crippen molar-refractivity contribution in [1.82, 2.24) is 0 Å². The van der Waals surface area contributed by atoms with Crippen LogP contribution in [-0.4, -0.2) is 22.0 Å². The Morgan fingerprint density at radius 3 is 2.11 bits per heavy atom. The van der Waals surface area contributed by atoms with Gasteiger partial charge < -0.3 is 14.9 Å². The minimum absolute atomic E-state index is 0.0237. The molecule has 2 amide bonds. The summed E-state index contributed by atoms with van der Waals surface area (Å²) in [4.78, 5) is 25.8. The monoisotopic (exact) mass is 365 g/mol. The second kappa shape index (κ2) is 6.14. The summed E-state index contributed by atoms with van der Waals surface area (Å²) in [6, 6.07) is 13.7. The number of carbonyl (C=O) groups is 2. The minimum atomic E-state index is -0.739. The third-order valence-electron chi connectivity index (χ3n) is 4.07. The molecule has 27 heavy (non-hydrogen) atoms. The van der Waals surface area contributed by atoms with E-state index in [2.05, 4.69) is 0 Å². The maximum absolute atomic E-state index is 13.9. The summed E-state index contributed by atoms with van der Waals surface area (Å²) in [6.45, 7) is 0. The first-order chi connectivity index (χ1) is 12.9. The van der Waals surface area contributed by atoms with Gasteiger partial charge in [0.1, 0.15) is 28.8 Å². The number of hydrogen-bond acceptors (Lipinski definition) is 5. The Morgan fingerprint density at radius 1 is 0.815 bits per heavy atom. The Kier molecular flexibility index (Phi) is 3.77. The molecule has 0 saturated carbocycles. The zero-order chi connectivity index (χ0) is 19.1. The maximum Gasteiger partial charge on any atom is 0.269 e. The number of ether oxygens (including phenoxy) is 1. The van der Waals surface area contributed by atoms with Crippen molar-refractivity contribution in [1.29, 1.82) is 0 Å². The Hall–Kier alpha value is -3.87. The second-order valence-corrected chi connectivity index (χ2v) is 5.89. The lowest BCUT2D eigenvalue weighted by Crippen LogP contribution is -2.29. The van der Waals surface area contributed by atoms with Crippen molar-refractivity contribution in [2.75, 3.05) is 4.90 Å². The van der Waals surface area contributed by atoms with Crippen molar-refractivity contribution in [2.24, 2.45) is 0 Å². The van der Waals surface area contributed by atoms with Gasteiger partial charge in [-0.15, -0.1) is 0 Å². The molecule has 0 atom stereocenters. The summed E-state index contributed by atoms with van der Waals surface area (Å²) in [5.74, 6) is -1.81. The predicted molar refractivity (Wildman–Crippen MR) is 93.8 cm³/mol. The van der Waals surface area contributed by atoms with Gasteiger partial charge in [0, 0.05) is 18.2 Å². The SMILES string of the molecule is O=C1c2cccc(F)c2C(=O)N1c1ccc(Oc2cc(O)cc(O)c2)cc1. The molecule has 0 fully saturated rings. The van der Waals surface area contributed by atoms with E-state index in [9.17, 15) is 24.2 Å².